The Bertz CT molecular complexity index is 372. The minimum Gasteiger partial charge on any atom is -0.342 e. The van der Waals surface area contributed by atoms with Crippen LogP contribution in [0.2, 0.25) is 0 Å². The summed E-state index contributed by atoms with van der Waals surface area (Å²) in [6.07, 6.45) is 5.03. The van der Waals surface area contributed by atoms with E-state index >= 15 is 0 Å². The van der Waals surface area contributed by atoms with Crippen molar-refractivity contribution in [3.8, 4) is 0 Å². The lowest BCUT2D eigenvalue weighted by Gasteiger charge is -2.35. The highest BCUT2D eigenvalue weighted by molar-refractivity contribution is 5.85. The van der Waals surface area contributed by atoms with Gasteiger partial charge in [-0.1, -0.05) is 6.92 Å². The van der Waals surface area contributed by atoms with Gasteiger partial charge in [0.05, 0.1) is 0 Å². The van der Waals surface area contributed by atoms with Crippen LogP contribution in [0, 0.1) is 5.92 Å². The molecular weight excluding hydrogens is 287 g/mol. The van der Waals surface area contributed by atoms with Crippen molar-refractivity contribution in [1.29, 1.82) is 0 Å². The third-order valence-electron chi connectivity index (χ3n) is 3.44. The van der Waals surface area contributed by atoms with Gasteiger partial charge in [0.15, 0.2) is 0 Å². The number of amides is 1. The third kappa shape index (κ3) is 5.01. The first kappa shape index (κ1) is 18.2. The molecule has 0 radical (unpaired) electrons. The molecule has 19 heavy (non-hydrogen) atoms. The third-order valence-corrected chi connectivity index (χ3v) is 3.44. The van der Waals surface area contributed by atoms with Gasteiger partial charge in [-0.2, -0.15) is 5.10 Å². The van der Waals surface area contributed by atoms with E-state index in [2.05, 4.69) is 12.0 Å². The molecule has 0 aliphatic carbocycles. The molecule has 1 aromatic heterocycles. The summed E-state index contributed by atoms with van der Waals surface area (Å²) >= 11 is 0. The molecule has 1 aliphatic rings. The minimum atomic E-state index is 0. The molecule has 1 amide bonds. The summed E-state index contributed by atoms with van der Waals surface area (Å²) in [5.74, 6) is 0.608. The normalized spacial score (nSPS) is 22.3. The number of carbonyl (C=O) groups is 1. The lowest BCUT2D eigenvalue weighted by atomic mass is 9.94. The first-order valence-corrected chi connectivity index (χ1v) is 6.17. The van der Waals surface area contributed by atoms with E-state index < -0.39 is 0 Å². The molecule has 2 N–H and O–H groups in total. The highest BCUT2D eigenvalue weighted by Crippen LogP contribution is 2.15. The maximum atomic E-state index is 12.0. The van der Waals surface area contributed by atoms with Crippen molar-refractivity contribution in [2.45, 2.75) is 32.4 Å². The zero-order valence-corrected chi connectivity index (χ0v) is 12.7. The van der Waals surface area contributed by atoms with E-state index in [1.54, 1.807) is 10.9 Å². The zero-order chi connectivity index (χ0) is 12.3. The van der Waals surface area contributed by atoms with Gasteiger partial charge in [-0.05, 0) is 18.4 Å². The maximum Gasteiger partial charge on any atom is 0.224 e. The Balaban J connectivity index is 0.00000162. The van der Waals surface area contributed by atoms with Gasteiger partial charge in [-0.25, -0.2) is 0 Å². The fourth-order valence-corrected chi connectivity index (χ4v) is 2.19. The molecule has 1 fully saturated rings. The summed E-state index contributed by atoms with van der Waals surface area (Å²) in [7, 11) is 0. The number of carbonyl (C=O) groups excluding carboxylic acids is 1. The Hall–Kier alpha value is -0.780. The highest BCUT2D eigenvalue weighted by atomic mass is 35.5. The van der Waals surface area contributed by atoms with Crippen molar-refractivity contribution in [1.82, 2.24) is 14.7 Å². The molecule has 1 saturated heterocycles. The summed E-state index contributed by atoms with van der Waals surface area (Å²) in [4.78, 5) is 13.9. The quantitative estimate of drug-likeness (QED) is 0.916. The number of halogens is 2. The first-order chi connectivity index (χ1) is 8.16. The highest BCUT2D eigenvalue weighted by Gasteiger charge is 2.25. The van der Waals surface area contributed by atoms with E-state index in [9.17, 15) is 4.79 Å². The molecule has 5 nitrogen and oxygen atoms in total. The summed E-state index contributed by atoms with van der Waals surface area (Å²) in [5.41, 5.74) is 5.94. The molecule has 110 valence electrons. The maximum absolute atomic E-state index is 12.0. The van der Waals surface area contributed by atoms with E-state index in [1.165, 1.54) is 0 Å². The number of hydrogen-bond acceptors (Lipinski definition) is 3. The first-order valence-electron chi connectivity index (χ1n) is 6.17. The van der Waals surface area contributed by atoms with Crippen LogP contribution in [0.1, 0.15) is 19.8 Å². The van der Waals surface area contributed by atoms with Crippen molar-refractivity contribution in [2.24, 2.45) is 11.7 Å². The van der Waals surface area contributed by atoms with Gasteiger partial charge in [0.25, 0.3) is 0 Å². The fraction of sp³-hybridized carbons (Fsp3) is 0.667. The van der Waals surface area contributed by atoms with E-state index in [-0.39, 0.29) is 36.8 Å². The summed E-state index contributed by atoms with van der Waals surface area (Å²) < 4.78 is 1.79. The minimum absolute atomic E-state index is 0. The number of nitrogens with zero attached hydrogens (tertiary/aromatic N) is 3. The molecule has 0 bridgehead atoms. The van der Waals surface area contributed by atoms with Crippen LogP contribution in [0.4, 0.5) is 0 Å². The number of hydrogen-bond donors (Lipinski definition) is 1. The van der Waals surface area contributed by atoms with Crippen LogP contribution in [0.3, 0.4) is 0 Å². The monoisotopic (exact) mass is 308 g/mol. The van der Waals surface area contributed by atoms with Gasteiger partial charge in [0.2, 0.25) is 5.91 Å². The number of aromatic nitrogens is 2. The van der Waals surface area contributed by atoms with Gasteiger partial charge in [0.1, 0.15) is 0 Å². The molecule has 2 heterocycles. The Morgan fingerprint density at radius 3 is 2.79 bits per heavy atom. The van der Waals surface area contributed by atoms with Gasteiger partial charge in [-0.3, -0.25) is 9.48 Å². The Morgan fingerprint density at radius 1 is 1.47 bits per heavy atom. The van der Waals surface area contributed by atoms with Crippen LogP contribution in [0.15, 0.2) is 18.5 Å². The Kier molecular flexibility index (Phi) is 8.06. The molecule has 1 aromatic rings. The van der Waals surface area contributed by atoms with Crippen molar-refractivity contribution in [3.63, 3.8) is 0 Å². The van der Waals surface area contributed by atoms with Gasteiger partial charge in [-0.15, -0.1) is 24.8 Å². The van der Waals surface area contributed by atoms with Crippen LogP contribution in [0.5, 0.6) is 0 Å². The van der Waals surface area contributed by atoms with Gasteiger partial charge in [0, 0.05) is 44.5 Å². The smallest absolute Gasteiger partial charge is 0.224 e. The van der Waals surface area contributed by atoms with E-state index in [0.717, 1.165) is 19.5 Å². The van der Waals surface area contributed by atoms with Crippen molar-refractivity contribution in [2.75, 3.05) is 13.1 Å². The van der Waals surface area contributed by atoms with Gasteiger partial charge >= 0.3 is 0 Å². The molecule has 0 saturated carbocycles. The van der Waals surface area contributed by atoms with Crippen LogP contribution < -0.4 is 5.73 Å². The van der Waals surface area contributed by atoms with Crippen molar-refractivity contribution >= 4 is 30.7 Å². The van der Waals surface area contributed by atoms with Crippen LogP contribution >= 0.6 is 24.8 Å². The topological polar surface area (TPSA) is 64.2 Å². The van der Waals surface area contributed by atoms with Crippen LogP contribution in [0.25, 0.3) is 0 Å². The van der Waals surface area contributed by atoms with E-state index in [0.29, 0.717) is 18.9 Å². The average molecular weight is 309 g/mol. The second-order valence-corrected chi connectivity index (χ2v) is 4.79. The molecule has 7 heteroatoms. The van der Waals surface area contributed by atoms with Gasteiger partial charge < -0.3 is 10.6 Å². The number of nitrogens with two attached hydrogens (primary N) is 1. The molecule has 0 spiro atoms. The summed E-state index contributed by atoms with van der Waals surface area (Å²) in [6, 6.07) is 2.11. The zero-order valence-electron chi connectivity index (χ0n) is 11.1. The fourth-order valence-electron chi connectivity index (χ4n) is 2.19. The van der Waals surface area contributed by atoms with E-state index in [4.69, 9.17) is 5.73 Å². The largest absolute Gasteiger partial charge is 0.342 e. The number of piperidine rings is 1. The lowest BCUT2D eigenvalue weighted by Crippen LogP contribution is -2.48. The summed E-state index contributed by atoms with van der Waals surface area (Å²) in [5, 5.41) is 4.09. The second kappa shape index (κ2) is 8.40. The number of rotatable bonds is 3. The molecule has 0 aromatic carbocycles. The second-order valence-electron chi connectivity index (χ2n) is 4.79. The number of aryl methyl sites for hydroxylation is 1. The predicted octanol–water partition coefficient (Wildman–Crippen LogP) is 1.31. The molecule has 2 atom stereocenters. The molecule has 2 unspecified atom stereocenters. The molecular formula is C12H22Cl2N4O. The Labute approximate surface area is 126 Å². The van der Waals surface area contributed by atoms with Crippen LogP contribution in [-0.2, 0) is 11.3 Å². The van der Waals surface area contributed by atoms with Crippen molar-refractivity contribution in [3.05, 3.63) is 18.5 Å². The Morgan fingerprint density at radius 2 is 2.21 bits per heavy atom. The molecule has 2 rings (SSSR count). The SMILES string of the molecule is CC1CN(C(=O)CCn2cccn2)CCC1N.Cl.Cl. The number of likely N-dealkylation sites (tertiary alicyclic amines) is 1. The molecule has 1 aliphatic heterocycles. The lowest BCUT2D eigenvalue weighted by molar-refractivity contribution is -0.133. The average Bonchev–Trinajstić information content (AvgIpc) is 2.82. The predicted molar refractivity (Wildman–Crippen MR) is 79.7 cm³/mol. The van der Waals surface area contributed by atoms with Crippen molar-refractivity contribution < 1.29 is 4.79 Å². The van der Waals surface area contributed by atoms with Crippen LogP contribution in [-0.4, -0.2) is 39.7 Å². The van der Waals surface area contributed by atoms with E-state index in [1.807, 2.05) is 17.2 Å². The standard InChI is InChI=1S/C12H20N4O.2ClH/c1-10-9-15(7-3-11(10)13)12(17)4-8-16-6-2-5-14-16;;/h2,5-6,10-11H,3-4,7-9,13H2,1H3;2*1H. The summed E-state index contributed by atoms with van der Waals surface area (Å²) in [6.45, 7) is 4.35.